The van der Waals surface area contributed by atoms with Gasteiger partial charge in [0.05, 0.1) is 12.7 Å². The van der Waals surface area contributed by atoms with Gasteiger partial charge in [0.1, 0.15) is 0 Å². The summed E-state index contributed by atoms with van der Waals surface area (Å²) in [7, 11) is 1.38. The van der Waals surface area contributed by atoms with Gasteiger partial charge in [0, 0.05) is 16.7 Å². The lowest BCUT2D eigenvalue weighted by Crippen LogP contribution is -2.03. The number of anilines is 1. The summed E-state index contributed by atoms with van der Waals surface area (Å²) in [5.41, 5.74) is 2.60. The molecule has 4 heteroatoms. The lowest BCUT2D eigenvalue weighted by molar-refractivity contribution is 0.0601. The fraction of sp³-hybridized carbons (Fsp3) is 0.133. The summed E-state index contributed by atoms with van der Waals surface area (Å²) in [5.74, 6) is -0.328. The third-order valence-corrected chi connectivity index (χ3v) is 3.16. The van der Waals surface area contributed by atoms with Crippen LogP contribution in [0.4, 0.5) is 5.69 Å². The first-order chi connectivity index (χ1) is 9.19. The van der Waals surface area contributed by atoms with Crippen molar-refractivity contribution in [3.8, 4) is 0 Å². The van der Waals surface area contributed by atoms with E-state index in [0.29, 0.717) is 12.1 Å². The smallest absolute Gasteiger partial charge is 0.337 e. The van der Waals surface area contributed by atoms with Crippen LogP contribution >= 0.6 is 15.9 Å². The van der Waals surface area contributed by atoms with Crippen LogP contribution in [-0.2, 0) is 11.3 Å². The molecule has 2 aromatic carbocycles. The number of hydrogen-bond donors (Lipinski definition) is 1. The molecule has 0 saturated carbocycles. The van der Waals surface area contributed by atoms with E-state index >= 15 is 0 Å². The molecule has 3 nitrogen and oxygen atoms in total. The lowest BCUT2D eigenvalue weighted by Gasteiger charge is -2.08. The van der Waals surface area contributed by atoms with Gasteiger partial charge in [-0.05, 0) is 35.9 Å². The fourth-order valence-electron chi connectivity index (χ4n) is 1.73. The first kappa shape index (κ1) is 13.6. The predicted molar refractivity (Wildman–Crippen MR) is 79.3 cm³/mol. The Morgan fingerprint density at radius 3 is 2.74 bits per heavy atom. The monoisotopic (exact) mass is 319 g/mol. The van der Waals surface area contributed by atoms with E-state index in [1.165, 1.54) is 7.11 Å². The van der Waals surface area contributed by atoms with Crippen molar-refractivity contribution >= 4 is 27.6 Å². The number of esters is 1. The number of carbonyl (C=O) groups is 1. The highest BCUT2D eigenvalue weighted by molar-refractivity contribution is 9.10. The second kappa shape index (κ2) is 6.38. The van der Waals surface area contributed by atoms with Gasteiger partial charge in [-0.15, -0.1) is 0 Å². The topological polar surface area (TPSA) is 38.3 Å². The Labute approximate surface area is 120 Å². The van der Waals surface area contributed by atoms with Crippen molar-refractivity contribution < 1.29 is 9.53 Å². The summed E-state index contributed by atoms with van der Waals surface area (Å²) in [6, 6.07) is 15.3. The number of hydrogen-bond acceptors (Lipinski definition) is 3. The summed E-state index contributed by atoms with van der Waals surface area (Å²) in [6.45, 7) is 0.698. The number of ether oxygens (including phenoxy) is 1. The summed E-state index contributed by atoms with van der Waals surface area (Å²) < 4.78 is 5.75. The maximum Gasteiger partial charge on any atom is 0.337 e. The third-order valence-electron chi connectivity index (χ3n) is 2.67. The minimum Gasteiger partial charge on any atom is -0.465 e. The van der Waals surface area contributed by atoms with E-state index in [1.807, 2.05) is 30.3 Å². The minimum absolute atomic E-state index is 0.328. The van der Waals surface area contributed by atoms with Crippen molar-refractivity contribution in [1.82, 2.24) is 0 Å². The first-order valence-corrected chi connectivity index (χ1v) is 6.65. The molecule has 0 spiro atoms. The molecule has 0 saturated heterocycles. The van der Waals surface area contributed by atoms with E-state index in [4.69, 9.17) is 4.74 Å². The van der Waals surface area contributed by atoms with E-state index in [0.717, 1.165) is 15.7 Å². The summed E-state index contributed by atoms with van der Waals surface area (Å²) >= 11 is 3.44. The second-order valence-electron chi connectivity index (χ2n) is 4.06. The van der Waals surface area contributed by atoms with Gasteiger partial charge >= 0.3 is 5.97 Å². The Morgan fingerprint density at radius 1 is 1.21 bits per heavy atom. The molecule has 0 amide bonds. The molecule has 0 aliphatic heterocycles. The van der Waals surface area contributed by atoms with Gasteiger partial charge in [0.25, 0.3) is 0 Å². The Kier molecular flexibility index (Phi) is 4.58. The zero-order valence-corrected chi connectivity index (χ0v) is 12.1. The molecule has 0 aliphatic rings. The van der Waals surface area contributed by atoms with Crippen molar-refractivity contribution in [3.05, 3.63) is 64.1 Å². The van der Waals surface area contributed by atoms with E-state index in [2.05, 4.69) is 27.3 Å². The number of nitrogens with one attached hydrogen (secondary N) is 1. The number of halogens is 1. The van der Waals surface area contributed by atoms with Crippen LogP contribution in [0.2, 0.25) is 0 Å². The second-order valence-corrected chi connectivity index (χ2v) is 4.97. The fourth-order valence-corrected chi connectivity index (χ4v) is 2.17. The molecule has 0 heterocycles. The minimum atomic E-state index is -0.328. The molecule has 98 valence electrons. The normalized spacial score (nSPS) is 10.0. The molecule has 0 radical (unpaired) electrons. The van der Waals surface area contributed by atoms with Crippen molar-refractivity contribution in [3.63, 3.8) is 0 Å². The molecule has 0 aliphatic carbocycles. The largest absolute Gasteiger partial charge is 0.465 e. The quantitative estimate of drug-likeness (QED) is 0.870. The van der Waals surface area contributed by atoms with Crippen LogP contribution < -0.4 is 5.32 Å². The Morgan fingerprint density at radius 2 is 2.00 bits per heavy atom. The van der Waals surface area contributed by atoms with E-state index in [1.54, 1.807) is 12.1 Å². The highest BCUT2D eigenvalue weighted by Crippen LogP contribution is 2.15. The first-order valence-electron chi connectivity index (χ1n) is 5.86. The van der Waals surface area contributed by atoms with Crippen LogP contribution in [0.5, 0.6) is 0 Å². The summed E-state index contributed by atoms with van der Waals surface area (Å²) in [4.78, 5) is 11.4. The molecule has 0 fully saturated rings. The molecule has 0 unspecified atom stereocenters. The van der Waals surface area contributed by atoms with Crippen LogP contribution in [0.15, 0.2) is 53.0 Å². The van der Waals surface area contributed by atoms with E-state index < -0.39 is 0 Å². The van der Waals surface area contributed by atoms with Gasteiger partial charge in [0.15, 0.2) is 0 Å². The average Bonchev–Trinajstić information content (AvgIpc) is 2.45. The molecule has 1 N–H and O–H groups in total. The standard InChI is InChI=1S/C15H14BrNO2/c1-19-15(18)12-5-3-7-14(9-12)17-10-11-4-2-6-13(16)8-11/h2-9,17H,10H2,1H3. The van der Waals surface area contributed by atoms with E-state index in [9.17, 15) is 4.79 Å². The van der Waals surface area contributed by atoms with Crippen LogP contribution in [0.1, 0.15) is 15.9 Å². The molecule has 0 bridgehead atoms. The average molecular weight is 320 g/mol. The molecule has 2 rings (SSSR count). The van der Waals surface area contributed by atoms with Crippen LogP contribution in [0.3, 0.4) is 0 Å². The van der Waals surface area contributed by atoms with Crippen molar-refractivity contribution in [2.75, 3.05) is 12.4 Å². The number of carbonyl (C=O) groups excluding carboxylic acids is 1. The highest BCUT2D eigenvalue weighted by atomic mass is 79.9. The van der Waals surface area contributed by atoms with Gasteiger partial charge in [-0.1, -0.05) is 34.1 Å². The van der Waals surface area contributed by atoms with Gasteiger partial charge < -0.3 is 10.1 Å². The molecular formula is C15H14BrNO2. The molecule has 0 aromatic heterocycles. The SMILES string of the molecule is COC(=O)c1cccc(NCc2cccc(Br)c2)c1. The van der Waals surface area contributed by atoms with Crippen LogP contribution in [-0.4, -0.2) is 13.1 Å². The van der Waals surface area contributed by atoms with Crippen molar-refractivity contribution in [1.29, 1.82) is 0 Å². The lowest BCUT2D eigenvalue weighted by atomic mass is 10.2. The molecule has 2 aromatic rings. The zero-order valence-electron chi connectivity index (χ0n) is 10.5. The maximum absolute atomic E-state index is 11.4. The third kappa shape index (κ3) is 3.83. The molecule has 19 heavy (non-hydrogen) atoms. The predicted octanol–water partition coefficient (Wildman–Crippen LogP) is 3.85. The van der Waals surface area contributed by atoms with Crippen LogP contribution in [0.25, 0.3) is 0 Å². The van der Waals surface area contributed by atoms with Crippen molar-refractivity contribution in [2.24, 2.45) is 0 Å². The number of methoxy groups -OCH3 is 1. The summed E-state index contributed by atoms with van der Waals surface area (Å²) in [6.07, 6.45) is 0. The number of benzene rings is 2. The van der Waals surface area contributed by atoms with Crippen molar-refractivity contribution in [2.45, 2.75) is 6.54 Å². The Balaban J connectivity index is 2.05. The van der Waals surface area contributed by atoms with Gasteiger partial charge in [-0.3, -0.25) is 0 Å². The maximum atomic E-state index is 11.4. The van der Waals surface area contributed by atoms with Gasteiger partial charge in [-0.25, -0.2) is 4.79 Å². The Bertz CT molecular complexity index is 584. The van der Waals surface area contributed by atoms with Gasteiger partial charge in [0.2, 0.25) is 0 Å². The molecule has 0 atom stereocenters. The van der Waals surface area contributed by atoms with Gasteiger partial charge in [-0.2, -0.15) is 0 Å². The Hall–Kier alpha value is -1.81. The molecular weight excluding hydrogens is 306 g/mol. The van der Waals surface area contributed by atoms with E-state index in [-0.39, 0.29) is 5.97 Å². The highest BCUT2D eigenvalue weighted by Gasteiger charge is 2.05. The van der Waals surface area contributed by atoms with Crippen LogP contribution in [0, 0.1) is 0 Å². The number of rotatable bonds is 4. The zero-order chi connectivity index (χ0) is 13.7. The summed E-state index contributed by atoms with van der Waals surface area (Å²) in [5, 5.41) is 3.28.